The molecule has 2 aromatic heterocycles. The highest BCUT2D eigenvalue weighted by molar-refractivity contribution is 7.92. The minimum Gasteiger partial charge on any atom is -0.351 e. The Labute approximate surface area is 225 Å². The Kier molecular flexibility index (Phi) is 6.59. The van der Waals surface area contributed by atoms with Crippen molar-refractivity contribution in [2.75, 3.05) is 15.9 Å². The summed E-state index contributed by atoms with van der Waals surface area (Å²) in [7, 11) is -3.43. The van der Waals surface area contributed by atoms with E-state index in [1.165, 1.54) is 12.1 Å². The maximum Gasteiger partial charge on any atom is 0.269 e. The molecule has 2 atom stereocenters. The van der Waals surface area contributed by atoms with Crippen LogP contribution in [0.2, 0.25) is 0 Å². The van der Waals surface area contributed by atoms with Crippen LogP contribution in [0.15, 0.2) is 85.2 Å². The highest BCUT2D eigenvalue weighted by atomic mass is 32.2. The summed E-state index contributed by atoms with van der Waals surface area (Å²) >= 11 is 5.81. The van der Waals surface area contributed by atoms with Crippen LogP contribution in [0.25, 0.3) is 5.69 Å². The van der Waals surface area contributed by atoms with E-state index in [0.717, 1.165) is 34.6 Å². The van der Waals surface area contributed by atoms with Crippen LogP contribution in [0, 0.1) is 17.0 Å². The minimum atomic E-state index is -3.43. The molecule has 4 aromatic rings. The SMILES string of the molecule is Cc1cc(N2C(=S)N[C@@H](c3ccccn3)[C@H]2c2cccn2-c2ccc([N+](=O)[O-])cc2)ccc1NS(C)(=O)=O. The van der Waals surface area contributed by atoms with E-state index in [1.54, 1.807) is 24.4 Å². The number of aryl methyl sites for hydroxylation is 1. The molecule has 0 amide bonds. The highest BCUT2D eigenvalue weighted by Crippen LogP contribution is 2.43. The number of thiocarbonyl (C=S) groups is 1. The number of nitro benzene ring substituents is 1. The van der Waals surface area contributed by atoms with Crippen molar-refractivity contribution in [2.24, 2.45) is 0 Å². The second kappa shape index (κ2) is 9.88. The van der Waals surface area contributed by atoms with Crippen LogP contribution < -0.4 is 14.9 Å². The van der Waals surface area contributed by atoms with Gasteiger partial charge in [0.05, 0.1) is 28.6 Å². The first-order chi connectivity index (χ1) is 18.1. The summed E-state index contributed by atoms with van der Waals surface area (Å²) in [6, 6.07) is 20.7. The maximum atomic E-state index is 11.8. The normalized spacial score (nSPS) is 17.3. The molecule has 0 spiro atoms. The average Bonchev–Trinajstić information content (AvgIpc) is 3.49. The molecule has 0 unspecified atom stereocenters. The zero-order valence-electron chi connectivity index (χ0n) is 20.5. The van der Waals surface area contributed by atoms with E-state index in [1.807, 2.05) is 65.1 Å². The lowest BCUT2D eigenvalue weighted by molar-refractivity contribution is -0.384. The summed E-state index contributed by atoms with van der Waals surface area (Å²) in [6.45, 7) is 1.83. The van der Waals surface area contributed by atoms with Crippen molar-refractivity contribution in [3.05, 3.63) is 112 Å². The molecule has 2 aromatic carbocycles. The number of nitrogens with one attached hydrogen (secondary N) is 2. The lowest BCUT2D eigenvalue weighted by atomic mass is 10.0. The van der Waals surface area contributed by atoms with Crippen LogP contribution in [0.3, 0.4) is 0 Å². The van der Waals surface area contributed by atoms with Crippen molar-refractivity contribution in [3.63, 3.8) is 0 Å². The van der Waals surface area contributed by atoms with Gasteiger partial charge in [-0.15, -0.1) is 0 Å². The second-order valence-corrected chi connectivity index (χ2v) is 11.1. The van der Waals surface area contributed by atoms with Gasteiger partial charge in [-0.05, 0) is 79.3 Å². The van der Waals surface area contributed by atoms with Gasteiger partial charge in [0, 0.05) is 41.6 Å². The molecule has 12 heteroatoms. The quantitative estimate of drug-likeness (QED) is 0.195. The fourth-order valence-corrected chi connectivity index (χ4v) is 5.63. The van der Waals surface area contributed by atoms with Crippen molar-refractivity contribution in [3.8, 4) is 5.69 Å². The number of sulfonamides is 1. The van der Waals surface area contributed by atoms with Crippen molar-refractivity contribution < 1.29 is 13.3 Å². The molecule has 194 valence electrons. The van der Waals surface area contributed by atoms with Crippen molar-refractivity contribution in [1.29, 1.82) is 0 Å². The van der Waals surface area contributed by atoms with Crippen LogP contribution in [0.5, 0.6) is 0 Å². The maximum absolute atomic E-state index is 11.8. The molecular formula is C26H24N6O4S2. The third-order valence-corrected chi connectivity index (χ3v) is 7.21. The van der Waals surface area contributed by atoms with E-state index >= 15 is 0 Å². The zero-order valence-corrected chi connectivity index (χ0v) is 22.1. The Morgan fingerprint density at radius 1 is 1.05 bits per heavy atom. The fraction of sp³-hybridized carbons (Fsp3) is 0.154. The number of non-ortho nitro benzene ring substituents is 1. The Morgan fingerprint density at radius 2 is 1.79 bits per heavy atom. The number of hydrogen-bond acceptors (Lipinski definition) is 6. The molecule has 1 saturated heterocycles. The third-order valence-electron chi connectivity index (χ3n) is 6.30. The summed E-state index contributed by atoms with van der Waals surface area (Å²) < 4.78 is 28.1. The lowest BCUT2D eigenvalue weighted by Crippen LogP contribution is -2.30. The first-order valence-electron chi connectivity index (χ1n) is 11.6. The van der Waals surface area contributed by atoms with E-state index in [2.05, 4.69) is 15.0 Å². The number of nitrogens with zero attached hydrogens (tertiary/aromatic N) is 4. The number of benzene rings is 2. The molecule has 10 nitrogen and oxygen atoms in total. The molecule has 1 fully saturated rings. The van der Waals surface area contributed by atoms with Gasteiger partial charge in [-0.3, -0.25) is 19.8 Å². The zero-order chi connectivity index (χ0) is 27.0. The number of hydrogen-bond donors (Lipinski definition) is 2. The van der Waals surface area contributed by atoms with Crippen LogP contribution in [-0.2, 0) is 10.0 Å². The summed E-state index contributed by atoms with van der Waals surface area (Å²) in [5, 5.41) is 15.1. The van der Waals surface area contributed by atoms with Gasteiger partial charge in [0.25, 0.3) is 5.69 Å². The van der Waals surface area contributed by atoms with E-state index in [-0.39, 0.29) is 17.8 Å². The van der Waals surface area contributed by atoms with Crippen molar-refractivity contribution in [1.82, 2.24) is 14.9 Å². The van der Waals surface area contributed by atoms with Crippen LogP contribution in [-0.4, -0.2) is 34.3 Å². The van der Waals surface area contributed by atoms with Crippen LogP contribution in [0.1, 0.15) is 29.0 Å². The van der Waals surface area contributed by atoms with Gasteiger partial charge in [0.15, 0.2) is 5.11 Å². The highest BCUT2D eigenvalue weighted by Gasteiger charge is 2.42. The standard InChI is InChI=1S/C26H24N6O4S2/c1-17-16-20(12-13-21(17)29-38(2,35)36)31-25(24(28-26(31)37)22-6-3-4-14-27-22)23-7-5-15-30(23)18-8-10-19(11-9-18)32(33)34/h3-16,24-25,29H,1-2H3,(H,28,37)/t24-,25+/m0/s1. The van der Waals surface area contributed by atoms with Gasteiger partial charge in [0.1, 0.15) is 6.04 Å². The summed E-state index contributed by atoms with van der Waals surface area (Å²) in [5.74, 6) is 0. The topological polar surface area (TPSA) is 122 Å². The van der Waals surface area contributed by atoms with Crippen LogP contribution >= 0.6 is 12.2 Å². The van der Waals surface area contributed by atoms with Gasteiger partial charge in [-0.25, -0.2) is 8.42 Å². The van der Waals surface area contributed by atoms with E-state index in [4.69, 9.17) is 12.2 Å². The summed E-state index contributed by atoms with van der Waals surface area (Å²) in [5.41, 5.74) is 4.46. The molecule has 5 rings (SSSR count). The van der Waals surface area contributed by atoms with E-state index < -0.39 is 14.9 Å². The Balaban J connectivity index is 1.62. The van der Waals surface area contributed by atoms with Gasteiger partial charge in [-0.2, -0.15) is 0 Å². The molecule has 1 aliphatic heterocycles. The second-order valence-electron chi connectivity index (χ2n) is 8.95. The van der Waals surface area contributed by atoms with E-state index in [0.29, 0.717) is 10.8 Å². The molecule has 2 N–H and O–H groups in total. The van der Waals surface area contributed by atoms with Crippen molar-refractivity contribution in [2.45, 2.75) is 19.0 Å². The number of nitro groups is 1. The summed E-state index contributed by atoms with van der Waals surface area (Å²) in [4.78, 5) is 17.3. The molecule has 38 heavy (non-hydrogen) atoms. The molecule has 0 bridgehead atoms. The van der Waals surface area contributed by atoms with Crippen LogP contribution in [0.4, 0.5) is 17.1 Å². The van der Waals surface area contributed by atoms with Gasteiger partial charge >= 0.3 is 0 Å². The molecule has 0 aliphatic carbocycles. The predicted molar refractivity (Wildman–Crippen MR) is 150 cm³/mol. The summed E-state index contributed by atoms with van der Waals surface area (Å²) in [6.07, 6.45) is 4.74. The van der Waals surface area contributed by atoms with Gasteiger partial charge in [0.2, 0.25) is 10.0 Å². The number of pyridine rings is 1. The predicted octanol–water partition coefficient (Wildman–Crippen LogP) is 4.64. The molecule has 1 aliphatic rings. The third kappa shape index (κ3) is 4.95. The molecular weight excluding hydrogens is 524 g/mol. The number of rotatable bonds is 7. The molecule has 0 radical (unpaired) electrons. The Hall–Kier alpha value is -4.29. The first kappa shape index (κ1) is 25.4. The van der Waals surface area contributed by atoms with Gasteiger partial charge in [-0.1, -0.05) is 6.07 Å². The van der Waals surface area contributed by atoms with Crippen molar-refractivity contribution >= 4 is 44.4 Å². The Bertz CT molecular complexity index is 1620. The van der Waals surface area contributed by atoms with Gasteiger partial charge < -0.3 is 14.8 Å². The average molecular weight is 549 g/mol. The number of anilines is 2. The molecule has 3 heterocycles. The van der Waals surface area contributed by atoms with E-state index in [9.17, 15) is 18.5 Å². The monoisotopic (exact) mass is 548 g/mol. The lowest BCUT2D eigenvalue weighted by Gasteiger charge is -2.29. The first-order valence-corrected chi connectivity index (χ1v) is 13.9. The number of aromatic nitrogens is 2. The minimum absolute atomic E-state index is 0.0115. The fourth-order valence-electron chi connectivity index (χ4n) is 4.65. The Morgan fingerprint density at radius 3 is 2.42 bits per heavy atom. The smallest absolute Gasteiger partial charge is 0.269 e. The largest absolute Gasteiger partial charge is 0.351 e. The molecule has 0 saturated carbocycles.